The number of carbonyl (C=O) groups excluding carboxylic acids is 2. The molecule has 2 aliphatic rings. The molecule has 0 radical (unpaired) electrons. The Morgan fingerprint density at radius 2 is 1.67 bits per heavy atom. The number of piperidine rings is 1. The molecule has 0 unspecified atom stereocenters. The number of carbonyl (C=O) groups is 2. The first kappa shape index (κ1) is 29.7. The maximum absolute atomic E-state index is 14.1. The van der Waals surface area contributed by atoms with Crippen LogP contribution < -0.4 is 10.1 Å². The van der Waals surface area contributed by atoms with E-state index in [1.54, 1.807) is 24.3 Å². The van der Waals surface area contributed by atoms with Gasteiger partial charge in [0.1, 0.15) is 23.9 Å². The minimum atomic E-state index is -3.81. The van der Waals surface area contributed by atoms with Crippen LogP contribution in [0.2, 0.25) is 5.02 Å². The quantitative estimate of drug-likeness (QED) is 0.379. The van der Waals surface area contributed by atoms with E-state index in [2.05, 4.69) is 5.32 Å². The predicted octanol–water partition coefficient (Wildman–Crippen LogP) is 5.46. The highest BCUT2D eigenvalue weighted by Gasteiger charge is 2.30. The zero-order valence-corrected chi connectivity index (χ0v) is 24.1. The first-order chi connectivity index (χ1) is 20.1. The van der Waals surface area contributed by atoms with E-state index in [0.29, 0.717) is 23.9 Å². The van der Waals surface area contributed by atoms with Gasteiger partial charge >= 0.3 is 6.03 Å². The van der Waals surface area contributed by atoms with E-state index in [1.165, 1.54) is 38.4 Å². The van der Waals surface area contributed by atoms with Crippen LogP contribution in [0.5, 0.6) is 11.5 Å². The van der Waals surface area contributed by atoms with Gasteiger partial charge in [-0.2, -0.15) is 4.31 Å². The van der Waals surface area contributed by atoms with Crippen LogP contribution in [0, 0.1) is 11.6 Å². The van der Waals surface area contributed by atoms with Gasteiger partial charge in [-0.15, -0.1) is 0 Å². The maximum atomic E-state index is 14.1. The van der Waals surface area contributed by atoms with Gasteiger partial charge in [-0.3, -0.25) is 4.79 Å². The molecule has 3 aromatic rings. The van der Waals surface area contributed by atoms with Crippen molar-refractivity contribution in [3.8, 4) is 11.5 Å². The van der Waals surface area contributed by atoms with Gasteiger partial charge in [0.15, 0.2) is 5.75 Å². The van der Waals surface area contributed by atoms with Gasteiger partial charge in [-0.25, -0.2) is 22.0 Å². The highest BCUT2D eigenvalue weighted by Crippen LogP contribution is 2.34. The first-order valence-corrected chi connectivity index (χ1v) is 15.3. The van der Waals surface area contributed by atoms with Crippen molar-refractivity contribution >= 4 is 39.2 Å². The van der Waals surface area contributed by atoms with E-state index < -0.39 is 33.6 Å². The molecule has 222 valence electrons. The van der Waals surface area contributed by atoms with Crippen molar-refractivity contribution in [2.24, 2.45) is 0 Å². The molecule has 0 bridgehead atoms. The van der Waals surface area contributed by atoms with Crippen LogP contribution in [0.1, 0.15) is 24.8 Å². The smallest absolute Gasteiger partial charge is 0.322 e. The van der Waals surface area contributed by atoms with Gasteiger partial charge in [0, 0.05) is 49.4 Å². The van der Waals surface area contributed by atoms with Crippen molar-refractivity contribution < 1.29 is 31.5 Å². The van der Waals surface area contributed by atoms with E-state index in [0.717, 1.165) is 31.4 Å². The highest BCUT2D eigenvalue weighted by molar-refractivity contribution is 7.89. The average molecular weight is 619 g/mol. The topological polar surface area (TPSA) is 99.3 Å². The van der Waals surface area contributed by atoms with E-state index in [4.69, 9.17) is 16.3 Å². The maximum Gasteiger partial charge on any atom is 0.322 e. The Morgan fingerprint density at radius 1 is 0.929 bits per heavy atom. The van der Waals surface area contributed by atoms with Gasteiger partial charge in [0.05, 0.1) is 10.6 Å². The second-order valence-corrected chi connectivity index (χ2v) is 12.5. The Hall–Kier alpha value is -3.74. The SMILES string of the molecule is O=C1CN(C(=O)Nc2cc(S(=O)(=O)N3CCCCC3)ccc2Oc2ccc(Cl)cc2)CCN1Cc1ccc(F)cc1F. The zero-order chi connectivity index (χ0) is 29.9. The molecule has 2 saturated heterocycles. The Labute approximate surface area is 247 Å². The minimum Gasteiger partial charge on any atom is -0.455 e. The summed E-state index contributed by atoms with van der Waals surface area (Å²) >= 11 is 5.97. The van der Waals surface area contributed by atoms with Crippen molar-refractivity contribution in [1.29, 1.82) is 0 Å². The van der Waals surface area contributed by atoms with E-state index in [1.807, 2.05) is 0 Å². The summed E-state index contributed by atoms with van der Waals surface area (Å²) in [5.74, 6) is -1.27. The number of piperazine rings is 1. The number of hydrogen-bond donors (Lipinski definition) is 1. The molecule has 2 aliphatic heterocycles. The second kappa shape index (κ2) is 12.6. The van der Waals surface area contributed by atoms with Crippen molar-refractivity contribution in [2.45, 2.75) is 30.7 Å². The molecule has 0 spiro atoms. The molecule has 2 heterocycles. The Kier molecular flexibility index (Phi) is 8.95. The van der Waals surface area contributed by atoms with Crippen molar-refractivity contribution in [2.75, 3.05) is 38.0 Å². The van der Waals surface area contributed by atoms with Crippen LogP contribution in [0.25, 0.3) is 0 Å². The average Bonchev–Trinajstić information content (AvgIpc) is 2.97. The molecule has 0 saturated carbocycles. The van der Waals surface area contributed by atoms with Crippen LogP contribution in [0.3, 0.4) is 0 Å². The third kappa shape index (κ3) is 6.83. The summed E-state index contributed by atoms with van der Waals surface area (Å²) in [5, 5.41) is 3.21. The fourth-order valence-corrected chi connectivity index (χ4v) is 6.51. The number of sulfonamides is 1. The van der Waals surface area contributed by atoms with Crippen molar-refractivity contribution in [3.63, 3.8) is 0 Å². The number of amides is 3. The predicted molar refractivity (Wildman–Crippen MR) is 153 cm³/mol. The lowest BCUT2D eigenvalue weighted by atomic mass is 10.1. The molecule has 0 atom stereocenters. The van der Waals surface area contributed by atoms with Gasteiger partial charge in [0.25, 0.3) is 0 Å². The largest absolute Gasteiger partial charge is 0.455 e. The van der Waals surface area contributed by atoms with Crippen LogP contribution in [-0.4, -0.2) is 67.2 Å². The van der Waals surface area contributed by atoms with Crippen LogP contribution in [0.4, 0.5) is 19.3 Å². The van der Waals surface area contributed by atoms with Gasteiger partial charge < -0.3 is 19.9 Å². The molecule has 0 aliphatic carbocycles. The number of halogens is 3. The molecule has 5 rings (SSSR count). The molecule has 3 aromatic carbocycles. The normalized spacial score (nSPS) is 16.4. The van der Waals surface area contributed by atoms with Gasteiger partial charge in [-0.05, 0) is 61.4 Å². The number of urea groups is 1. The lowest BCUT2D eigenvalue weighted by molar-refractivity contribution is -0.135. The fourth-order valence-electron chi connectivity index (χ4n) is 4.84. The third-order valence-corrected chi connectivity index (χ3v) is 9.32. The Bertz CT molecular complexity index is 1580. The molecular formula is C29H29ClF2N4O5S. The number of anilines is 1. The van der Waals surface area contributed by atoms with E-state index in [-0.39, 0.29) is 48.1 Å². The second-order valence-electron chi connectivity index (χ2n) is 10.1. The molecular weight excluding hydrogens is 590 g/mol. The molecule has 1 N–H and O–H groups in total. The summed E-state index contributed by atoms with van der Waals surface area (Å²) in [6, 6.07) is 13.3. The standard InChI is InChI=1S/C29H29ClF2N4O5S/c30-21-5-8-23(9-6-21)41-27-11-10-24(42(39,40)36-12-2-1-3-13-36)17-26(27)33-29(38)35-15-14-34(28(37)19-35)18-20-4-7-22(31)16-25(20)32/h4-11,16-17H,1-3,12-15,18-19H2,(H,33,38). The number of hydrogen-bond acceptors (Lipinski definition) is 5. The van der Waals surface area contributed by atoms with Crippen molar-refractivity contribution in [1.82, 2.24) is 14.1 Å². The van der Waals surface area contributed by atoms with Crippen LogP contribution >= 0.6 is 11.6 Å². The monoisotopic (exact) mass is 618 g/mol. The minimum absolute atomic E-state index is 0.00498. The van der Waals surface area contributed by atoms with Crippen LogP contribution in [-0.2, 0) is 21.4 Å². The summed E-state index contributed by atoms with van der Waals surface area (Å²) in [5.41, 5.74) is 0.273. The molecule has 2 fully saturated rings. The fraction of sp³-hybridized carbons (Fsp3) is 0.310. The lowest BCUT2D eigenvalue weighted by Gasteiger charge is -2.34. The molecule has 0 aromatic heterocycles. The summed E-state index contributed by atoms with van der Waals surface area (Å²) in [6.07, 6.45) is 2.51. The molecule has 42 heavy (non-hydrogen) atoms. The summed E-state index contributed by atoms with van der Waals surface area (Å²) in [6.45, 7) is 0.756. The number of benzene rings is 3. The summed E-state index contributed by atoms with van der Waals surface area (Å²) in [4.78, 5) is 28.8. The highest BCUT2D eigenvalue weighted by atomic mass is 35.5. The molecule has 3 amide bonds. The van der Waals surface area contributed by atoms with Crippen molar-refractivity contribution in [3.05, 3.63) is 82.9 Å². The summed E-state index contributed by atoms with van der Waals surface area (Å²) in [7, 11) is -3.81. The first-order valence-electron chi connectivity index (χ1n) is 13.5. The molecule has 13 heteroatoms. The van der Waals surface area contributed by atoms with E-state index >= 15 is 0 Å². The van der Waals surface area contributed by atoms with Crippen LogP contribution in [0.15, 0.2) is 65.6 Å². The summed E-state index contributed by atoms with van der Waals surface area (Å²) < 4.78 is 61.5. The number of rotatable bonds is 7. The van der Waals surface area contributed by atoms with Gasteiger partial charge in [0.2, 0.25) is 15.9 Å². The number of nitrogens with one attached hydrogen (secondary N) is 1. The Balaban J connectivity index is 1.34. The lowest BCUT2D eigenvalue weighted by Crippen LogP contribution is -2.53. The number of ether oxygens (including phenoxy) is 1. The third-order valence-electron chi connectivity index (χ3n) is 7.17. The zero-order valence-electron chi connectivity index (χ0n) is 22.6. The van der Waals surface area contributed by atoms with Gasteiger partial charge in [-0.1, -0.05) is 24.1 Å². The van der Waals surface area contributed by atoms with E-state index in [9.17, 15) is 26.8 Å². The number of nitrogens with zero attached hydrogens (tertiary/aromatic N) is 3. The molecule has 9 nitrogen and oxygen atoms in total. The Morgan fingerprint density at radius 3 is 2.36 bits per heavy atom.